The van der Waals surface area contributed by atoms with Gasteiger partial charge in [-0.1, -0.05) is 5.92 Å². The number of nitrogens with one attached hydrogen (secondary N) is 1. The van der Waals surface area contributed by atoms with Crippen LogP contribution in [-0.2, 0) is 17.9 Å². The van der Waals surface area contributed by atoms with Crippen LogP contribution in [-0.4, -0.2) is 52.6 Å². The molecule has 2 aliphatic rings. The number of hydrogen-bond donors (Lipinski definition) is 1. The van der Waals surface area contributed by atoms with Crippen molar-refractivity contribution < 1.29 is 18.0 Å². The number of terminal acetylenes is 1. The third kappa shape index (κ3) is 2.89. The lowest BCUT2D eigenvalue weighted by atomic mass is 10.1. The largest absolute Gasteiger partial charge is 0.471 e. The Kier molecular flexibility index (Phi) is 4.09. The zero-order chi connectivity index (χ0) is 17.5. The van der Waals surface area contributed by atoms with E-state index in [9.17, 15) is 18.0 Å². The first-order valence-corrected chi connectivity index (χ1v) is 7.47. The number of halogens is 3. The molecule has 0 aliphatic carbocycles. The lowest BCUT2D eigenvalue weighted by Crippen LogP contribution is -2.57. The van der Waals surface area contributed by atoms with Gasteiger partial charge in [-0.05, 0) is 6.92 Å². The fraction of sp³-hybridized carbons (Fsp3) is 0.533. The number of rotatable bonds is 1. The maximum Gasteiger partial charge on any atom is 0.471 e. The second-order valence-corrected chi connectivity index (χ2v) is 5.75. The van der Waals surface area contributed by atoms with Crippen LogP contribution in [0.3, 0.4) is 0 Å². The Hall–Kier alpha value is -2.34. The van der Waals surface area contributed by atoms with Crippen LogP contribution < -0.4 is 10.2 Å². The topological polar surface area (TPSA) is 61.4 Å². The molecule has 1 N–H and O–H groups in total. The zero-order valence-corrected chi connectivity index (χ0v) is 13.0. The number of alkyl halides is 3. The molecule has 1 unspecified atom stereocenters. The number of piperazine rings is 1. The Morgan fingerprint density at radius 3 is 2.75 bits per heavy atom. The first-order valence-electron chi connectivity index (χ1n) is 7.47. The van der Waals surface area contributed by atoms with Crippen LogP contribution in [0.5, 0.6) is 0 Å². The molecule has 0 aromatic carbocycles. The van der Waals surface area contributed by atoms with Gasteiger partial charge in [0.05, 0.1) is 12.2 Å². The van der Waals surface area contributed by atoms with Crippen molar-refractivity contribution in [2.24, 2.45) is 0 Å². The van der Waals surface area contributed by atoms with Gasteiger partial charge in [-0.15, -0.1) is 6.42 Å². The molecular weight excluding hydrogens is 323 g/mol. The Morgan fingerprint density at radius 1 is 1.33 bits per heavy atom. The van der Waals surface area contributed by atoms with Crippen LogP contribution in [0.1, 0.15) is 17.1 Å². The summed E-state index contributed by atoms with van der Waals surface area (Å²) < 4.78 is 37.9. The predicted octanol–water partition coefficient (Wildman–Crippen LogP) is 0.601. The average molecular weight is 339 g/mol. The number of carbonyl (C=O) groups is 1. The molecule has 24 heavy (non-hydrogen) atoms. The molecule has 3 heterocycles. The molecule has 3 rings (SSSR count). The molecule has 0 bridgehead atoms. The van der Waals surface area contributed by atoms with Crippen molar-refractivity contribution >= 4 is 11.7 Å². The Morgan fingerprint density at radius 2 is 2.08 bits per heavy atom. The second kappa shape index (κ2) is 5.94. The summed E-state index contributed by atoms with van der Waals surface area (Å²) in [5.41, 5.74) is 1.79. The van der Waals surface area contributed by atoms with Gasteiger partial charge in [0.1, 0.15) is 17.7 Å². The monoisotopic (exact) mass is 339 g/mol. The minimum atomic E-state index is -4.89. The van der Waals surface area contributed by atoms with Crippen LogP contribution >= 0.6 is 0 Å². The first kappa shape index (κ1) is 16.5. The van der Waals surface area contributed by atoms with Crippen molar-refractivity contribution in [3.05, 3.63) is 17.1 Å². The smallest absolute Gasteiger partial charge is 0.339 e. The SMILES string of the molecule is C#CC1CN(C(=O)C(F)(F)F)CCN1c1nc(C)nc2c1CNC2. The number of anilines is 1. The number of hydrogen-bond acceptors (Lipinski definition) is 5. The van der Waals surface area contributed by atoms with E-state index in [1.807, 2.05) is 0 Å². The lowest BCUT2D eigenvalue weighted by Gasteiger charge is -2.40. The van der Waals surface area contributed by atoms with Gasteiger partial charge in [0.25, 0.3) is 0 Å². The van der Waals surface area contributed by atoms with Crippen molar-refractivity contribution in [2.45, 2.75) is 32.2 Å². The summed E-state index contributed by atoms with van der Waals surface area (Å²) in [5.74, 6) is 1.85. The zero-order valence-electron chi connectivity index (χ0n) is 13.0. The fourth-order valence-corrected chi connectivity index (χ4v) is 3.05. The molecule has 0 spiro atoms. The summed E-state index contributed by atoms with van der Waals surface area (Å²) >= 11 is 0. The van der Waals surface area contributed by atoms with Crippen LogP contribution in [0, 0.1) is 19.3 Å². The molecular formula is C15H16F3N5O. The van der Waals surface area contributed by atoms with Crippen molar-refractivity contribution in [3.8, 4) is 12.3 Å². The standard InChI is InChI=1S/C15H16F3N5O/c1-3-10-8-22(14(24)15(16,17)18)4-5-23(10)13-11-6-19-7-12(11)20-9(2)21-13/h1,10,19H,4-8H2,2H3. The molecule has 1 atom stereocenters. The minimum Gasteiger partial charge on any atom is -0.339 e. The van der Waals surface area contributed by atoms with E-state index >= 15 is 0 Å². The number of carbonyl (C=O) groups excluding carboxylic acids is 1. The lowest BCUT2D eigenvalue weighted by molar-refractivity contribution is -0.186. The summed E-state index contributed by atoms with van der Waals surface area (Å²) in [4.78, 5) is 22.8. The van der Waals surface area contributed by atoms with E-state index in [2.05, 4.69) is 21.2 Å². The molecule has 1 aromatic rings. The number of amides is 1. The molecule has 128 valence electrons. The van der Waals surface area contributed by atoms with Gasteiger partial charge < -0.3 is 15.1 Å². The highest BCUT2D eigenvalue weighted by Gasteiger charge is 2.45. The molecule has 1 aromatic heterocycles. The molecule has 1 fully saturated rings. The van der Waals surface area contributed by atoms with Crippen LogP contribution in [0.4, 0.5) is 19.0 Å². The van der Waals surface area contributed by atoms with E-state index in [-0.39, 0.29) is 19.6 Å². The normalized spacial score (nSPS) is 20.7. The van der Waals surface area contributed by atoms with Crippen molar-refractivity contribution in [2.75, 3.05) is 24.5 Å². The molecule has 0 saturated carbocycles. The van der Waals surface area contributed by atoms with Crippen LogP contribution in [0.2, 0.25) is 0 Å². The van der Waals surface area contributed by atoms with Crippen LogP contribution in [0.25, 0.3) is 0 Å². The van der Waals surface area contributed by atoms with Gasteiger partial charge in [-0.3, -0.25) is 4.79 Å². The highest BCUT2D eigenvalue weighted by molar-refractivity contribution is 5.82. The van der Waals surface area contributed by atoms with Gasteiger partial charge in [-0.2, -0.15) is 13.2 Å². The van der Waals surface area contributed by atoms with Gasteiger partial charge in [0.2, 0.25) is 0 Å². The van der Waals surface area contributed by atoms with Gasteiger partial charge in [0, 0.05) is 31.7 Å². The molecule has 2 aliphatic heterocycles. The maximum atomic E-state index is 12.6. The molecule has 9 heteroatoms. The van der Waals surface area contributed by atoms with E-state index in [0.29, 0.717) is 24.7 Å². The highest BCUT2D eigenvalue weighted by atomic mass is 19.4. The van der Waals surface area contributed by atoms with Crippen molar-refractivity contribution in [1.82, 2.24) is 20.2 Å². The van der Waals surface area contributed by atoms with Crippen molar-refractivity contribution in [3.63, 3.8) is 0 Å². The number of aryl methyl sites for hydroxylation is 1. The predicted molar refractivity (Wildman–Crippen MR) is 79.9 cm³/mol. The van der Waals surface area contributed by atoms with Gasteiger partial charge >= 0.3 is 12.1 Å². The Balaban J connectivity index is 1.87. The number of aromatic nitrogens is 2. The van der Waals surface area contributed by atoms with Crippen LogP contribution in [0.15, 0.2) is 0 Å². The molecule has 1 saturated heterocycles. The van der Waals surface area contributed by atoms with Gasteiger partial charge in [-0.25, -0.2) is 9.97 Å². The summed E-state index contributed by atoms with van der Waals surface area (Å²) in [6.07, 6.45) is 0.625. The summed E-state index contributed by atoms with van der Waals surface area (Å²) in [6.45, 7) is 2.93. The Labute approximate surface area is 137 Å². The summed E-state index contributed by atoms with van der Waals surface area (Å²) in [6, 6.07) is -0.663. The van der Waals surface area contributed by atoms with Gasteiger partial charge in [0.15, 0.2) is 0 Å². The number of nitrogens with zero attached hydrogens (tertiary/aromatic N) is 4. The molecule has 6 nitrogen and oxygen atoms in total. The maximum absolute atomic E-state index is 12.6. The fourth-order valence-electron chi connectivity index (χ4n) is 3.05. The highest BCUT2D eigenvalue weighted by Crippen LogP contribution is 2.29. The second-order valence-electron chi connectivity index (χ2n) is 5.75. The minimum absolute atomic E-state index is 0.0538. The molecule has 0 radical (unpaired) electrons. The van der Waals surface area contributed by atoms with E-state index in [4.69, 9.17) is 6.42 Å². The van der Waals surface area contributed by atoms with E-state index in [1.54, 1.807) is 11.8 Å². The quantitative estimate of drug-likeness (QED) is 0.760. The van der Waals surface area contributed by atoms with Crippen molar-refractivity contribution in [1.29, 1.82) is 0 Å². The Bertz CT molecular complexity index is 712. The average Bonchev–Trinajstić information content (AvgIpc) is 3.00. The summed E-state index contributed by atoms with van der Waals surface area (Å²) in [5, 5.41) is 3.18. The van der Waals surface area contributed by atoms with E-state index < -0.39 is 18.1 Å². The third-order valence-corrected chi connectivity index (χ3v) is 4.15. The number of fused-ring (bicyclic) bond motifs is 1. The van der Waals surface area contributed by atoms with E-state index in [1.165, 1.54) is 0 Å². The summed E-state index contributed by atoms with van der Waals surface area (Å²) in [7, 11) is 0. The molecule has 1 amide bonds. The third-order valence-electron chi connectivity index (χ3n) is 4.15. The van der Waals surface area contributed by atoms with E-state index in [0.717, 1.165) is 16.2 Å². The first-order chi connectivity index (χ1) is 11.3.